The SMILES string of the molecule is O=C(OCCN1CCCCC1)c1cccc(Cl)c1.[Cl-]. The van der Waals surface area contributed by atoms with Crippen molar-refractivity contribution in [2.45, 2.75) is 19.3 Å². The van der Waals surface area contributed by atoms with Crippen molar-refractivity contribution in [3.8, 4) is 0 Å². The van der Waals surface area contributed by atoms with Crippen molar-refractivity contribution in [1.82, 2.24) is 4.90 Å². The quantitative estimate of drug-likeness (QED) is 0.733. The molecule has 1 heterocycles. The maximum atomic E-state index is 11.7. The first-order valence-electron chi connectivity index (χ1n) is 6.41. The largest absolute Gasteiger partial charge is 1.00 e. The van der Waals surface area contributed by atoms with E-state index in [-0.39, 0.29) is 18.4 Å². The molecule has 0 spiro atoms. The van der Waals surface area contributed by atoms with E-state index >= 15 is 0 Å². The van der Waals surface area contributed by atoms with Gasteiger partial charge in [-0.15, -0.1) is 0 Å². The van der Waals surface area contributed by atoms with Gasteiger partial charge >= 0.3 is 5.97 Å². The van der Waals surface area contributed by atoms with Gasteiger partial charge < -0.3 is 17.1 Å². The van der Waals surface area contributed by atoms with Gasteiger partial charge in [0.1, 0.15) is 6.61 Å². The number of ether oxygens (including phenoxy) is 1. The first kappa shape index (κ1) is 16.3. The highest BCUT2D eigenvalue weighted by molar-refractivity contribution is 6.30. The summed E-state index contributed by atoms with van der Waals surface area (Å²) in [6.45, 7) is 3.51. The normalized spacial score (nSPS) is 15.6. The minimum absolute atomic E-state index is 0. The number of esters is 1. The first-order chi connectivity index (χ1) is 8.75. The Morgan fingerprint density at radius 1 is 1.26 bits per heavy atom. The molecule has 1 aliphatic heterocycles. The first-order valence-corrected chi connectivity index (χ1v) is 6.78. The molecule has 106 valence electrons. The average Bonchev–Trinajstić information content (AvgIpc) is 2.40. The maximum Gasteiger partial charge on any atom is 0.338 e. The summed E-state index contributed by atoms with van der Waals surface area (Å²) < 4.78 is 5.25. The Balaban J connectivity index is 0.00000180. The molecule has 0 unspecified atom stereocenters. The smallest absolute Gasteiger partial charge is 0.338 e. The number of hydrogen-bond acceptors (Lipinski definition) is 3. The molecule has 3 nitrogen and oxygen atoms in total. The van der Waals surface area contributed by atoms with Crippen LogP contribution in [0, 0.1) is 0 Å². The molecule has 0 amide bonds. The average molecular weight is 303 g/mol. The molecule has 0 radical (unpaired) electrons. The summed E-state index contributed by atoms with van der Waals surface area (Å²) >= 11 is 5.83. The molecular weight excluding hydrogens is 285 g/mol. The highest BCUT2D eigenvalue weighted by Crippen LogP contribution is 2.12. The number of hydrogen-bond donors (Lipinski definition) is 0. The fourth-order valence-corrected chi connectivity index (χ4v) is 2.34. The van der Waals surface area contributed by atoms with Crippen LogP contribution in [0.4, 0.5) is 0 Å². The fraction of sp³-hybridized carbons (Fsp3) is 0.500. The summed E-state index contributed by atoms with van der Waals surface area (Å²) in [6.07, 6.45) is 3.82. The number of halogens is 2. The number of benzene rings is 1. The predicted octanol–water partition coefficient (Wildman–Crippen LogP) is -0.0133. The second kappa shape index (κ2) is 8.41. The maximum absolute atomic E-state index is 11.7. The van der Waals surface area contributed by atoms with Crippen LogP contribution in [-0.2, 0) is 4.74 Å². The van der Waals surface area contributed by atoms with E-state index in [9.17, 15) is 4.79 Å². The van der Waals surface area contributed by atoms with E-state index in [4.69, 9.17) is 16.3 Å². The van der Waals surface area contributed by atoms with Gasteiger partial charge in [0.2, 0.25) is 0 Å². The highest BCUT2D eigenvalue weighted by Gasteiger charge is 2.11. The summed E-state index contributed by atoms with van der Waals surface area (Å²) in [7, 11) is 0. The molecule has 2 rings (SSSR count). The minimum Gasteiger partial charge on any atom is -1.00 e. The molecule has 0 N–H and O–H groups in total. The van der Waals surface area contributed by atoms with Crippen molar-refractivity contribution >= 4 is 17.6 Å². The number of piperidine rings is 1. The van der Waals surface area contributed by atoms with Crippen LogP contribution in [0.2, 0.25) is 5.02 Å². The van der Waals surface area contributed by atoms with Gasteiger partial charge in [0.05, 0.1) is 5.56 Å². The molecule has 1 fully saturated rings. The Labute approximate surface area is 125 Å². The standard InChI is InChI=1S/C14H18ClNO2.ClH/c15-13-6-4-5-12(11-13)14(17)18-10-9-16-7-2-1-3-8-16;/h4-6,11H,1-3,7-10H2;1H/p-1. The van der Waals surface area contributed by atoms with Crippen molar-refractivity contribution in [3.63, 3.8) is 0 Å². The molecule has 0 bridgehead atoms. The number of carbonyl (C=O) groups is 1. The van der Waals surface area contributed by atoms with Crippen LogP contribution in [0.15, 0.2) is 24.3 Å². The van der Waals surface area contributed by atoms with E-state index < -0.39 is 0 Å². The summed E-state index contributed by atoms with van der Waals surface area (Å²) in [5.74, 6) is -0.297. The third-order valence-corrected chi connectivity index (χ3v) is 3.38. The van der Waals surface area contributed by atoms with Crippen molar-refractivity contribution in [2.24, 2.45) is 0 Å². The van der Waals surface area contributed by atoms with Crippen LogP contribution >= 0.6 is 11.6 Å². The van der Waals surface area contributed by atoms with Gasteiger partial charge in [-0.3, -0.25) is 4.90 Å². The molecular formula is C14H18Cl2NO2-. The van der Waals surface area contributed by atoms with Crippen LogP contribution in [0.25, 0.3) is 0 Å². The van der Waals surface area contributed by atoms with Crippen LogP contribution in [0.3, 0.4) is 0 Å². The van der Waals surface area contributed by atoms with E-state index in [1.54, 1.807) is 24.3 Å². The summed E-state index contributed by atoms with van der Waals surface area (Å²) in [5.41, 5.74) is 0.515. The lowest BCUT2D eigenvalue weighted by Crippen LogP contribution is -3.00. The van der Waals surface area contributed by atoms with Gasteiger partial charge in [-0.2, -0.15) is 0 Å². The van der Waals surface area contributed by atoms with Gasteiger partial charge in [0.15, 0.2) is 0 Å². The molecule has 0 aliphatic carbocycles. The zero-order valence-electron chi connectivity index (χ0n) is 10.8. The minimum atomic E-state index is -0.297. The predicted molar refractivity (Wildman–Crippen MR) is 72.0 cm³/mol. The fourth-order valence-electron chi connectivity index (χ4n) is 2.15. The second-order valence-corrected chi connectivity index (χ2v) is 4.99. The van der Waals surface area contributed by atoms with E-state index in [0.29, 0.717) is 17.2 Å². The molecule has 1 aromatic carbocycles. The van der Waals surface area contributed by atoms with Gasteiger partial charge in [-0.05, 0) is 44.1 Å². The molecule has 1 saturated heterocycles. The molecule has 0 saturated carbocycles. The Morgan fingerprint density at radius 3 is 2.68 bits per heavy atom. The molecule has 1 aliphatic rings. The Morgan fingerprint density at radius 2 is 2.00 bits per heavy atom. The molecule has 0 aromatic heterocycles. The van der Waals surface area contributed by atoms with E-state index in [0.717, 1.165) is 19.6 Å². The Hall–Kier alpha value is -0.770. The number of likely N-dealkylation sites (tertiary alicyclic amines) is 1. The van der Waals surface area contributed by atoms with Gasteiger partial charge in [0.25, 0.3) is 0 Å². The summed E-state index contributed by atoms with van der Waals surface area (Å²) in [4.78, 5) is 14.1. The number of rotatable bonds is 4. The van der Waals surface area contributed by atoms with Crippen LogP contribution in [0.1, 0.15) is 29.6 Å². The highest BCUT2D eigenvalue weighted by atomic mass is 35.5. The van der Waals surface area contributed by atoms with Crippen LogP contribution in [0.5, 0.6) is 0 Å². The summed E-state index contributed by atoms with van der Waals surface area (Å²) in [5, 5.41) is 0.556. The van der Waals surface area contributed by atoms with E-state index in [1.807, 2.05) is 0 Å². The van der Waals surface area contributed by atoms with E-state index in [2.05, 4.69) is 4.90 Å². The van der Waals surface area contributed by atoms with Crippen molar-refractivity contribution in [1.29, 1.82) is 0 Å². The lowest BCUT2D eigenvalue weighted by molar-refractivity contribution is -0.0000230. The third kappa shape index (κ3) is 5.39. The van der Waals surface area contributed by atoms with Gasteiger partial charge in [-0.1, -0.05) is 24.1 Å². The number of nitrogens with zero attached hydrogens (tertiary/aromatic N) is 1. The zero-order valence-corrected chi connectivity index (χ0v) is 12.3. The number of carbonyl (C=O) groups excluding carboxylic acids is 1. The Bertz CT molecular complexity index is 406. The second-order valence-electron chi connectivity index (χ2n) is 4.55. The van der Waals surface area contributed by atoms with Crippen LogP contribution < -0.4 is 12.4 Å². The molecule has 19 heavy (non-hydrogen) atoms. The lowest BCUT2D eigenvalue weighted by atomic mass is 10.1. The van der Waals surface area contributed by atoms with Gasteiger partial charge in [-0.25, -0.2) is 4.79 Å². The Kier molecular flexibility index (Phi) is 7.21. The lowest BCUT2D eigenvalue weighted by Gasteiger charge is -2.25. The van der Waals surface area contributed by atoms with Gasteiger partial charge in [0, 0.05) is 11.6 Å². The summed E-state index contributed by atoms with van der Waals surface area (Å²) in [6, 6.07) is 6.84. The monoisotopic (exact) mass is 302 g/mol. The van der Waals surface area contributed by atoms with Crippen molar-refractivity contribution in [3.05, 3.63) is 34.9 Å². The van der Waals surface area contributed by atoms with Crippen molar-refractivity contribution in [2.75, 3.05) is 26.2 Å². The zero-order chi connectivity index (χ0) is 12.8. The molecule has 1 aromatic rings. The topological polar surface area (TPSA) is 29.5 Å². The van der Waals surface area contributed by atoms with Crippen LogP contribution in [-0.4, -0.2) is 37.1 Å². The molecule has 0 atom stereocenters. The van der Waals surface area contributed by atoms with E-state index in [1.165, 1.54) is 19.3 Å². The molecule has 5 heteroatoms. The third-order valence-electron chi connectivity index (χ3n) is 3.15. The van der Waals surface area contributed by atoms with Crippen molar-refractivity contribution < 1.29 is 21.9 Å².